The summed E-state index contributed by atoms with van der Waals surface area (Å²) in [7, 11) is 0. The molecule has 1 atom stereocenters. The van der Waals surface area contributed by atoms with Crippen molar-refractivity contribution in [3.05, 3.63) is 24.2 Å². The van der Waals surface area contributed by atoms with Crippen LogP contribution in [-0.4, -0.2) is 61.5 Å². The number of imide groups is 1. The normalized spacial score (nSPS) is 16.5. The van der Waals surface area contributed by atoms with Gasteiger partial charge < -0.3 is 19.5 Å². The first-order chi connectivity index (χ1) is 11.5. The van der Waals surface area contributed by atoms with Gasteiger partial charge in [0.1, 0.15) is 0 Å². The van der Waals surface area contributed by atoms with Crippen molar-refractivity contribution in [3.8, 4) is 0 Å². The molecule has 0 spiro atoms. The maximum absolute atomic E-state index is 12.2. The molecule has 3 N–H and O–H groups in total. The number of urea groups is 1. The summed E-state index contributed by atoms with van der Waals surface area (Å²) in [6.45, 7) is 6.49. The second kappa shape index (κ2) is 8.49. The number of hydrogen-bond acceptors (Lipinski definition) is 4. The average molecular weight is 337 g/mol. The molecular weight excluding hydrogens is 312 g/mol. The molecule has 24 heavy (non-hydrogen) atoms. The summed E-state index contributed by atoms with van der Waals surface area (Å²) in [5.74, 6) is -0.106. The first-order valence-corrected chi connectivity index (χ1v) is 8.26. The summed E-state index contributed by atoms with van der Waals surface area (Å²) in [6, 6.07) is 2.90. The van der Waals surface area contributed by atoms with Crippen LogP contribution in [0.3, 0.4) is 0 Å². The van der Waals surface area contributed by atoms with Gasteiger partial charge in [-0.15, -0.1) is 0 Å². The molecule has 4 amide bonds. The third-order valence-electron chi connectivity index (χ3n) is 4.14. The zero-order valence-corrected chi connectivity index (χ0v) is 14.1. The van der Waals surface area contributed by atoms with Crippen LogP contribution in [0.15, 0.2) is 22.8 Å². The third-order valence-corrected chi connectivity index (χ3v) is 4.14. The van der Waals surface area contributed by atoms with E-state index in [-0.39, 0.29) is 24.4 Å². The quantitative estimate of drug-likeness (QED) is 0.658. The van der Waals surface area contributed by atoms with Crippen LogP contribution >= 0.6 is 0 Å². The van der Waals surface area contributed by atoms with Crippen molar-refractivity contribution in [1.29, 1.82) is 0 Å². The first-order valence-electron chi connectivity index (χ1n) is 8.26. The van der Waals surface area contributed by atoms with Gasteiger partial charge in [-0.1, -0.05) is 6.92 Å². The molecule has 0 saturated carbocycles. The molecule has 1 aliphatic rings. The Labute approximate surface area is 141 Å². The Kier molecular flexibility index (Phi) is 6.36. The lowest BCUT2D eigenvalue weighted by atomic mass is 10.2. The van der Waals surface area contributed by atoms with Crippen molar-refractivity contribution in [2.75, 3.05) is 32.7 Å². The number of carbonyl (C=O) groups excluding carboxylic acids is 3. The van der Waals surface area contributed by atoms with Gasteiger partial charge in [0.15, 0.2) is 12.3 Å². The average Bonchev–Trinajstić information content (AvgIpc) is 3.08. The molecule has 1 saturated heterocycles. The van der Waals surface area contributed by atoms with Gasteiger partial charge in [-0.25, -0.2) is 4.79 Å². The van der Waals surface area contributed by atoms with Crippen molar-refractivity contribution in [2.45, 2.75) is 26.3 Å². The molecule has 132 valence electrons. The van der Waals surface area contributed by atoms with E-state index in [1.165, 1.54) is 6.26 Å². The second-order valence-electron chi connectivity index (χ2n) is 6.03. The lowest BCUT2D eigenvalue weighted by molar-refractivity contribution is -0.895. The number of nitrogens with zero attached hydrogens (tertiary/aromatic N) is 1. The predicted molar refractivity (Wildman–Crippen MR) is 86.6 cm³/mol. The summed E-state index contributed by atoms with van der Waals surface area (Å²) in [6.07, 6.45) is 2.28. The first kappa shape index (κ1) is 18.0. The minimum absolute atomic E-state index is 0.0290. The van der Waals surface area contributed by atoms with Crippen molar-refractivity contribution < 1.29 is 23.7 Å². The van der Waals surface area contributed by atoms with Gasteiger partial charge in [0.2, 0.25) is 0 Å². The highest BCUT2D eigenvalue weighted by Crippen LogP contribution is 2.05. The molecule has 0 radical (unpaired) electrons. The zero-order valence-electron chi connectivity index (χ0n) is 14.1. The van der Waals surface area contributed by atoms with Crippen LogP contribution in [0.25, 0.3) is 0 Å². The number of quaternary nitrogens is 1. The lowest BCUT2D eigenvalue weighted by Gasteiger charge is -2.31. The minimum Gasteiger partial charge on any atom is -0.459 e. The van der Waals surface area contributed by atoms with Crippen LogP contribution < -0.4 is 15.5 Å². The molecule has 0 aliphatic carbocycles. The van der Waals surface area contributed by atoms with Crippen LogP contribution in [0.1, 0.15) is 30.8 Å². The summed E-state index contributed by atoms with van der Waals surface area (Å²) in [4.78, 5) is 38.5. The highest BCUT2D eigenvalue weighted by molar-refractivity contribution is 5.94. The molecule has 8 heteroatoms. The lowest BCUT2D eigenvalue weighted by Crippen LogP contribution is -3.15. The molecule has 0 bridgehead atoms. The monoisotopic (exact) mass is 337 g/mol. The SMILES string of the molecule is CC[C@@H](C)NC(=O)NC(=O)C[NH+]1CCN(C(=O)c2ccco2)CC1. The molecule has 8 nitrogen and oxygen atoms in total. The predicted octanol–water partition coefficient (Wildman–Crippen LogP) is -0.755. The maximum Gasteiger partial charge on any atom is 0.321 e. The van der Waals surface area contributed by atoms with Crippen LogP contribution in [0.5, 0.6) is 0 Å². The van der Waals surface area contributed by atoms with Gasteiger partial charge in [-0.3, -0.25) is 14.9 Å². The Morgan fingerprint density at radius 1 is 1.33 bits per heavy atom. The van der Waals surface area contributed by atoms with Gasteiger partial charge in [0.25, 0.3) is 11.8 Å². The van der Waals surface area contributed by atoms with E-state index < -0.39 is 6.03 Å². The molecule has 1 aromatic heterocycles. The zero-order chi connectivity index (χ0) is 17.5. The number of rotatable bonds is 5. The van der Waals surface area contributed by atoms with Crippen molar-refractivity contribution >= 4 is 17.8 Å². The van der Waals surface area contributed by atoms with E-state index in [1.54, 1.807) is 17.0 Å². The molecule has 1 aliphatic heterocycles. The summed E-state index contributed by atoms with van der Waals surface area (Å²) < 4.78 is 5.12. The van der Waals surface area contributed by atoms with Gasteiger partial charge in [-0.2, -0.15) is 0 Å². The standard InChI is InChI=1S/C16H24N4O4/c1-3-12(2)17-16(23)18-14(21)11-19-6-8-20(9-7-19)15(22)13-5-4-10-24-13/h4-5,10,12H,3,6-9,11H2,1-2H3,(H2,17,18,21,23)/p+1/t12-/m1/s1. The summed E-state index contributed by atoms with van der Waals surface area (Å²) in [5.41, 5.74) is 0. The Morgan fingerprint density at radius 3 is 2.62 bits per heavy atom. The van der Waals surface area contributed by atoms with Crippen LogP contribution in [0, 0.1) is 0 Å². The van der Waals surface area contributed by atoms with Gasteiger partial charge in [-0.05, 0) is 25.5 Å². The van der Waals surface area contributed by atoms with Crippen molar-refractivity contribution in [1.82, 2.24) is 15.5 Å². The highest BCUT2D eigenvalue weighted by atomic mass is 16.3. The number of amides is 4. The van der Waals surface area contributed by atoms with Crippen LogP contribution in [-0.2, 0) is 4.79 Å². The molecule has 2 heterocycles. The van der Waals surface area contributed by atoms with E-state index in [4.69, 9.17) is 4.42 Å². The minimum atomic E-state index is -0.458. The van der Waals surface area contributed by atoms with Crippen LogP contribution in [0.2, 0.25) is 0 Å². The second-order valence-corrected chi connectivity index (χ2v) is 6.03. The third kappa shape index (κ3) is 5.09. The Bertz CT molecular complexity index is 565. The summed E-state index contributed by atoms with van der Waals surface area (Å²) in [5, 5.41) is 5.04. The molecular formula is C16H25N4O4+. The molecule has 0 aromatic carbocycles. The Balaban J connectivity index is 1.71. The number of piperazine rings is 1. The Morgan fingerprint density at radius 2 is 2.04 bits per heavy atom. The van der Waals surface area contributed by atoms with Crippen molar-refractivity contribution in [2.24, 2.45) is 0 Å². The molecule has 2 rings (SSSR count). The largest absolute Gasteiger partial charge is 0.459 e. The number of hydrogen-bond donors (Lipinski definition) is 3. The van der Waals surface area contributed by atoms with E-state index in [2.05, 4.69) is 10.6 Å². The van der Waals surface area contributed by atoms with Crippen LogP contribution in [0.4, 0.5) is 4.79 Å². The van der Waals surface area contributed by atoms with E-state index in [0.29, 0.717) is 31.9 Å². The van der Waals surface area contributed by atoms with Gasteiger partial charge in [0, 0.05) is 6.04 Å². The fourth-order valence-electron chi connectivity index (χ4n) is 2.52. The Hall–Kier alpha value is -2.35. The number of carbonyl (C=O) groups is 3. The van der Waals surface area contributed by atoms with E-state index in [0.717, 1.165) is 11.3 Å². The van der Waals surface area contributed by atoms with Gasteiger partial charge in [0.05, 0.1) is 32.4 Å². The number of nitrogens with one attached hydrogen (secondary N) is 3. The van der Waals surface area contributed by atoms with E-state index in [1.807, 2.05) is 13.8 Å². The topological polar surface area (TPSA) is 96.1 Å². The fourth-order valence-corrected chi connectivity index (χ4v) is 2.52. The number of furan rings is 1. The summed E-state index contributed by atoms with van der Waals surface area (Å²) >= 11 is 0. The van der Waals surface area contributed by atoms with Crippen molar-refractivity contribution in [3.63, 3.8) is 0 Å². The molecule has 0 unspecified atom stereocenters. The molecule has 1 aromatic rings. The highest BCUT2D eigenvalue weighted by Gasteiger charge is 2.27. The maximum atomic E-state index is 12.2. The smallest absolute Gasteiger partial charge is 0.321 e. The fraction of sp³-hybridized carbons (Fsp3) is 0.562. The van der Waals surface area contributed by atoms with E-state index >= 15 is 0 Å². The van der Waals surface area contributed by atoms with E-state index in [9.17, 15) is 14.4 Å². The van der Waals surface area contributed by atoms with Gasteiger partial charge >= 0.3 is 6.03 Å². The molecule has 1 fully saturated rings.